The highest BCUT2D eigenvalue weighted by molar-refractivity contribution is 5.69. The highest BCUT2D eigenvalue weighted by atomic mass is 16.7. The van der Waals surface area contributed by atoms with Crippen LogP contribution in [0.25, 0.3) is 11.4 Å². The van der Waals surface area contributed by atoms with Crippen LogP contribution in [-0.4, -0.2) is 29.0 Å². The third kappa shape index (κ3) is 4.29. The summed E-state index contributed by atoms with van der Waals surface area (Å²) in [7, 11) is 0. The fraction of sp³-hybridized carbons (Fsp3) is 0.571. The molecule has 1 aromatic carbocycles. The van der Waals surface area contributed by atoms with Crippen LogP contribution in [0.15, 0.2) is 22.7 Å². The molecular formula is C21H26N2O5. The number of ether oxygens (including phenoxy) is 3. The van der Waals surface area contributed by atoms with E-state index in [0.717, 1.165) is 56.3 Å². The fourth-order valence-corrected chi connectivity index (χ4v) is 3.75. The lowest BCUT2D eigenvalue weighted by atomic mass is 9.87. The Morgan fingerprint density at radius 2 is 1.96 bits per heavy atom. The molecule has 0 saturated heterocycles. The zero-order valence-electron chi connectivity index (χ0n) is 16.2. The Hall–Kier alpha value is -2.57. The molecule has 150 valence electrons. The van der Waals surface area contributed by atoms with Gasteiger partial charge in [0.15, 0.2) is 11.5 Å². The summed E-state index contributed by atoms with van der Waals surface area (Å²) in [5, 5.41) is 4.13. The van der Waals surface area contributed by atoms with E-state index < -0.39 is 0 Å². The van der Waals surface area contributed by atoms with Crippen LogP contribution in [0.1, 0.15) is 70.1 Å². The third-order valence-electron chi connectivity index (χ3n) is 5.38. The third-order valence-corrected chi connectivity index (χ3v) is 5.38. The van der Waals surface area contributed by atoms with Crippen molar-refractivity contribution in [2.24, 2.45) is 0 Å². The fourth-order valence-electron chi connectivity index (χ4n) is 3.75. The van der Waals surface area contributed by atoms with Gasteiger partial charge in [0.05, 0.1) is 0 Å². The van der Waals surface area contributed by atoms with Gasteiger partial charge < -0.3 is 18.7 Å². The normalized spacial score (nSPS) is 20.9. The topological polar surface area (TPSA) is 83.7 Å². The highest BCUT2D eigenvalue weighted by Crippen LogP contribution is 2.37. The van der Waals surface area contributed by atoms with E-state index in [1.54, 1.807) is 0 Å². The maximum atomic E-state index is 11.9. The smallest absolute Gasteiger partial charge is 0.306 e. The predicted octanol–water partition coefficient (Wildman–Crippen LogP) is 4.62. The molecule has 2 aliphatic rings. The Labute approximate surface area is 164 Å². The van der Waals surface area contributed by atoms with Gasteiger partial charge in [-0.15, -0.1) is 0 Å². The molecule has 2 aromatic rings. The first-order chi connectivity index (χ1) is 13.7. The minimum Gasteiger partial charge on any atom is -0.462 e. The van der Waals surface area contributed by atoms with Gasteiger partial charge in [0.1, 0.15) is 6.10 Å². The van der Waals surface area contributed by atoms with Crippen molar-refractivity contribution in [3.8, 4) is 22.9 Å². The summed E-state index contributed by atoms with van der Waals surface area (Å²) in [5.41, 5.74) is 0.842. The number of esters is 1. The van der Waals surface area contributed by atoms with Crippen LogP contribution >= 0.6 is 0 Å². The lowest BCUT2D eigenvalue weighted by Gasteiger charge is -2.26. The number of carbonyl (C=O) groups excluding carboxylic acids is 1. The van der Waals surface area contributed by atoms with Crippen molar-refractivity contribution >= 4 is 5.97 Å². The monoisotopic (exact) mass is 386 g/mol. The van der Waals surface area contributed by atoms with Crippen molar-refractivity contribution in [3.63, 3.8) is 0 Å². The second-order valence-electron chi connectivity index (χ2n) is 7.44. The molecule has 0 spiro atoms. The van der Waals surface area contributed by atoms with Crippen molar-refractivity contribution < 1.29 is 23.5 Å². The molecule has 1 aliphatic heterocycles. The summed E-state index contributed by atoms with van der Waals surface area (Å²) in [6.45, 7) is 2.37. The Balaban J connectivity index is 1.30. The van der Waals surface area contributed by atoms with Crippen LogP contribution in [0, 0.1) is 0 Å². The first-order valence-corrected chi connectivity index (χ1v) is 10.2. The van der Waals surface area contributed by atoms with E-state index in [4.69, 9.17) is 18.7 Å². The molecule has 1 aliphatic carbocycles. The molecule has 0 amide bonds. The van der Waals surface area contributed by atoms with E-state index in [1.807, 2.05) is 18.2 Å². The molecule has 28 heavy (non-hydrogen) atoms. The quantitative estimate of drug-likeness (QED) is 0.507. The van der Waals surface area contributed by atoms with Crippen molar-refractivity contribution in [2.45, 2.75) is 70.3 Å². The second kappa shape index (κ2) is 8.63. The first kappa shape index (κ1) is 18.8. The van der Waals surface area contributed by atoms with Crippen LogP contribution in [-0.2, 0) is 9.53 Å². The van der Waals surface area contributed by atoms with E-state index in [-0.39, 0.29) is 24.8 Å². The molecule has 1 aromatic heterocycles. The summed E-state index contributed by atoms with van der Waals surface area (Å²) in [6.07, 6.45) is 7.08. The molecule has 1 saturated carbocycles. The molecule has 1 fully saturated rings. The Kier molecular flexibility index (Phi) is 5.78. The zero-order valence-corrected chi connectivity index (χ0v) is 16.2. The van der Waals surface area contributed by atoms with Gasteiger partial charge in [0, 0.05) is 17.9 Å². The minimum absolute atomic E-state index is 0.0154. The molecule has 4 rings (SSSR count). The Morgan fingerprint density at radius 3 is 2.79 bits per heavy atom. The zero-order chi connectivity index (χ0) is 19.3. The maximum absolute atomic E-state index is 11.9. The standard InChI is InChI=1S/C21H26N2O5/c1-2-3-4-5-19(24)27-16-9-6-14(7-10-16)21-22-20(23-28-21)15-8-11-17-18(12-15)26-13-25-17/h8,11-12,14,16H,2-7,9-10,13H2,1H3. The van der Waals surface area contributed by atoms with Gasteiger partial charge in [-0.25, -0.2) is 0 Å². The summed E-state index contributed by atoms with van der Waals surface area (Å²) in [5.74, 6) is 2.78. The average molecular weight is 386 g/mol. The molecule has 2 heterocycles. The molecule has 0 N–H and O–H groups in total. The van der Waals surface area contributed by atoms with Crippen molar-refractivity contribution in [1.82, 2.24) is 10.1 Å². The molecule has 7 nitrogen and oxygen atoms in total. The maximum Gasteiger partial charge on any atom is 0.306 e. The van der Waals surface area contributed by atoms with Gasteiger partial charge in [-0.1, -0.05) is 24.9 Å². The molecule has 0 radical (unpaired) electrons. The highest BCUT2D eigenvalue weighted by Gasteiger charge is 2.28. The minimum atomic E-state index is -0.0696. The van der Waals surface area contributed by atoms with Gasteiger partial charge in [0.25, 0.3) is 0 Å². The van der Waals surface area contributed by atoms with Crippen molar-refractivity contribution in [1.29, 1.82) is 0 Å². The van der Waals surface area contributed by atoms with Gasteiger partial charge in [-0.3, -0.25) is 4.79 Å². The van der Waals surface area contributed by atoms with E-state index in [1.165, 1.54) is 0 Å². The molecular weight excluding hydrogens is 360 g/mol. The number of aromatic nitrogens is 2. The van der Waals surface area contributed by atoms with Crippen molar-refractivity contribution in [2.75, 3.05) is 6.79 Å². The lowest BCUT2D eigenvalue weighted by Crippen LogP contribution is -2.23. The summed E-state index contributed by atoms with van der Waals surface area (Å²) in [4.78, 5) is 16.5. The summed E-state index contributed by atoms with van der Waals surface area (Å²) in [6, 6.07) is 5.62. The van der Waals surface area contributed by atoms with E-state index in [0.29, 0.717) is 23.9 Å². The van der Waals surface area contributed by atoms with Crippen molar-refractivity contribution in [3.05, 3.63) is 24.1 Å². The van der Waals surface area contributed by atoms with Crippen LogP contribution < -0.4 is 9.47 Å². The summed E-state index contributed by atoms with van der Waals surface area (Å²) >= 11 is 0. The van der Waals surface area contributed by atoms with Gasteiger partial charge in [-0.2, -0.15) is 4.98 Å². The number of carbonyl (C=O) groups is 1. The Bertz CT molecular complexity index is 811. The Morgan fingerprint density at radius 1 is 1.14 bits per heavy atom. The molecule has 7 heteroatoms. The number of hydrogen-bond acceptors (Lipinski definition) is 7. The SMILES string of the molecule is CCCCCC(=O)OC1CCC(c2nc(-c3ccc4c(c3)OCO4)no2)CC1. The van der Waals surface area contributed by atoms with Crippen LogP contribution in [0.3, 0.4) is 0 Å². The number of unbranched alkanes of at least 4 members (excludes halogenated alkanes) is 2. The van der Waals surface area contributed by atoms with Gasteiger partial charge in [0.2, 0.25) is 18.5 Å². The van der Waals surface area contributed by atoms with Crippen LogP contribution in [0.2, 0.25) is 0 Å². The largest absolute Gasteiger partial charge is 0.462 e. The van der Waals surface area contributed by atoms with Gasteiger partial charge >= 0.3 is 5.97 Å². The number of rotatable bonds is 7. The number of nitrogens with zero attached hydrogens (tertiary/aromatic N) is 2. The summed E-state index contributed by atoms with van der Waals surface area (Å²) < 4.78 is 21.9. The van der Waals surface area contributed by atoms with Crippen LogP contribution in [0.5, 0.6) is 11.5 Å². The first-order valence-electron chi connectivity index (χ1n) is 10.2. The molecule has 0 bridgehead atoms. The lowest BCUT2D eigenvalue weighted by molar-refractivity contribution is -0.150. The van der Waals surface area contributed by atoms with E-state index >= 15 is 0 Å². The van der Waals surface area contributed by atoms with E-state index in [2.05, 4.69) is 17.1 Å². The average Bonchev–Trinajstić information content (AvgIpc) is 3.38. The number of benzene rings is 1. The number of fused-ring (bicyclic) bond motifs is 1. The predicted molar refractivity (Wildman–Crippen MR) is 101 cm³/mol. The second-order valence-corrected chi connectivity index (χ2v) is 7.44. The molecule has 0 unspecified atom stereocenters. The number of hydrogen-bond donors (Lipinski definition) is 0. The molecule has 0 atom stereocenters. The van der Waals surface area contributed by atoms with Gasteiger partial charge in [-0.05, 0) is 50.3 Å². The van der Waals surface area contributed by atoms with E-state index in [9.17, 15) is 4.79 Å². The van der Waals surface area contributed by atoms with Crippen LogP contribution in [0.4, 0.5) is 0 Å².